The molecule has 0 spiro atoms. The topological polar surface area (TPSA) is 340 Å². The lowest BCUT2D eigenvalue weighted by molar-refractivity contribution is -0.117. The summed E-state index contributed by atoms with van der Waals surface area (Å²) in [5, 5.41) is 38.3. The molecule has 9 aromatic heterocycles. The number of amides is 4. The third-order valence-corrected chi connectivity index (χ3v) is 13.3. The maximum atomic E-state index is 13.3. The lowest BCUT2D eigenvalue weighted by Crippen LogP contribution is -2.19. The lowest BCUT2D eigenvalue weighted by Gasteiger charge is -2.13. The number of hydrogen-bond donors (Lipinski definition) is 7. The smallest absolute Gasteiger partial charge is 0.399 e. The monoisotopic (exact) mass is 1350 g/mol. The number of hydrogen-bond acceptors (Lipinski definition) is 20. The molecule has 4 amide bonds. The third kappa shape index (κ3) is 24.4. The zero-order valence-corrected chi connectivity index (χ0v) is 53.7. The van der Waals surface area contributed by atoms with Gasteiger partial charge < -0.3 is 45.3 Å². The zero-order chi connectivity index (χ0) is 68.6. The van der Waals surface area contributed by atoms with E-state index in [0.29, 0.717) is 105 Å². The lowest BCUT2D eigenvalue weighted by atomic mass is 10.0. The summed E-state index contributed by atoms with van der Waals surface area (Å²) < 4.78 is 12.9. The molecule has 24 nitrogen and oxygen atoms in total. The van der Waals surface area contributed by atoms with Crippen LogP contribution >= 0.6 is 15.9 Å². The number of halogens is 1. The molecule has 7 N–H and O–H groups in total. The Hall–Kier alpha value is -12.3. The number of nitrogens with zero attached hydrogens (tertiary/aromatic N) is 9. The minimum atomic E-state index is -0.335. The van der Waals surface area contributed by atoms with Gasteiger partial charge in [-0.05, 0) is 183 Å². The molecule has 0 radical (unpaired) electrons. The van der Waals surface area contributed by atoms with Gasteiger partial charge in [0, 0.05) is 79.0 Å². The van der Waals surface area contributed by atoms with Gasteiger partial charge in [-0.1, -0.05) is 6.07 Å². The van der Waals surface area contributed by atoms with Gasteiger partial charge in [0.15, 0.2) is 17.1 Å². The first-order valence-corrected chi connectivity index (χ1v) is 30.1. The Morgan fingerprint density at radius 3 is 1.55 bits per heavy atom. The van der Waals surface area contributed by atoms with E-state index in [1.165, 1.54) is 36.9 Å². The molecule has 11 aromatic rings. The van der Waals surface area contributed by atoms with Gasteiger partial charge in [0.25, 0.3) is 0 Å². The molecule has 0 fully saturated rings. The highest BCUT2D eigenvalue weighted by molar-refractivity contribution is 9.10. The van der Waals surface area contributed by atoms with Gasteiger partial charge in [0.1, 0.15) is 34.0 Å². The number of aryl methyl sites for hydroxylation is 3. The Kier molecular flexibility index (Phi) is 27.6. The van der Waals surface area contributed by atoms with E-state index >= 15 is 0 Å². The van der Waals surface area contributed by atoms with Crippen LogP contribution in [0.5, 0.6) is 23.0 Å². The normalized spacial score (nSPS) is 10.4. The second kappa shape index (κ2) is 37.3. The van der Waals surface area contributed by atoms with Crippen LogP contribution in [0, 0.1) is 13.5 Å². The van der Waals surface area contributed by atoms with Crippen LogP contribution in [0.3, 0.4) is 0 Å². The molecule has 96 heavy (non-hydrogen) atoms. The number of benzene rings is 2. The van der Waals surface area contributed by atoms with Crippen molar-refractivity contribution in [3.63, 3.8) is 0 Å². The molecular weight excluding hydrogens is 1290 g/mol. The highest BCUT2D eigenvalue weighted by Crippen LogP contribution is 2.30. The fourth-order valence-electron chi connectivity index (χ4n) is 8.16. The van der Waals surface area contributed by atoms with E-state index in [9.17, 15) is 28.8 Å². The van der Waals surface area contributed by atoms with Crippen molar-refractivity contribution in [3.8, 4) is 23.0 Å². The minimum absolute atomic E-state index is 0.0853. The molecule has 0 saturated heterocycles. The largest absolute Gasteiger partial charge is 0.506 e. The minimum Gasteiger partial charge on any atom is -0.506 e. The molecule has 0 aliphatic rings. The molecule has 9 heterocycles. The average Bonchev–Trinajstić information content (AvgIpc) is 0.762. The van der Waals surface area contributed by atoms with Gasteiger partial charge in [-0.25, -0.2) is 10.3 Å². The third-order valence-electron chi connectivity index (χ3n) is 12.8. The van der Waals surface area contributed by atoms with Crippen molar-refractivity contribution in [1.82, 2.24) is 44.8 Å². The van der Waals surface area contributed by atoms with Crippen molar-refractivity contribution in [2.24, 2.45) is 0 Å². The molecule has 0 aliphatic carbocycles. The van der Waals surface area contributed by atoms with Crippen LogP contribution in [-0.4, -0.2) is 117 Å². The summed E-state index contributed by atoms with van der Waals surface area (Å²) in [6, 6.07) is 35.5. The molecule has 2 aromatic carbocycles. The molecule has 0 unspecified atom stereocenters. The number of aromatic hydroxyl groups is 3. The van der Waals surface area contributed by atoms with Gasteiger partial charge in [0.2, 0.25) is 29.2 Å². The predicted octanol–water partition coefficient (Wildman–Crippen LogP) is 10.9. The molecule has 0 bridgehead atoms. The molecular formula is C71H65BrN13O11+. The Balaban J connectivity index is 0.000000195. The number of likely N-dealkylation sites (N-methyl/N-ethyl adjacent to an activating group) is 1. The summed E-state index contributed by atoms with van der Waals surface area (Å²) in [7, 11) is 3.91. The molecule has 25 heteroatoms. The number of pyridine rings is 8. The molecule has 0 aliphatic heterocycles. The summed E-state index contributed by atoms with van der Waals surface area (Å²) in [5.74, 6) is -0.195. The molecule has 0 saturated carbocycles. The van der Waals surface area contributed by atoms with Crippen LogP contribution < -0.4 is 31.4 Å². The zero-order valence-electron chi connectivity index (χ0n) is 52.1. The van der Waals surface area contributed by atoms with Gasteiger partial charge in [-0.15, -0.1) is 4.79 Å². The summed E-state index contributed by atoms with van der Waals surface area (Å²) in [6.45, 7) is 8.01. The number of anilines is 4. The van der Waals surface area contributed by atoms with Crippen LogP contribution in [-0.2, 0) is 32.0 Å². The van der Waals surface area contributed by atoms with Crippen LogP contribution in [0.1, 0.15) is 51.4 Å². The van der Waals surface area contributed by atoms with E-state index in [1.54, 1.807) is 171 Å². The highest BCUT2D eigenvalue weighted by atomic mass is 79.9. The van der Waals surface area contributed by atoms with Crippen molar-refractivity contribution in [3.05, 3.63) is 269 Å². The quantitative estimate of drug-likeness (QED) is 0.0130. The average molecular weight is 1360 g/mol. The van der Waals surface area contributed by atoms with Crippen molar-refractivity contribution in [1.29, 1.82) is 0 Å². The number of ketones is 1. The molecule has 11 rings (SSSR count). The van der Waals surface area contributed by atoms with Crippen molar-refractivity contribution in [2.75, 3.05) is 48.5 Å². The maximum absolute atomic E-state index is 13.3. The molecule has 486 valence electrons. The summed E-state index contributed by atoms with van der Waals surface area (Å²) in [4.78, 5) is 106. The predicted molar refractivity (Wildman–Crippen MR) is 368 cm³/mol. The summed E-state index contributed by atoms with van der Waals surface area (Å²) in [6.07, 6.45) is 23.8. The van der Waals surface area contributed by atoms with Crippen LogP contribution in [0.25, 0.3) is 28.0 Å². The van der Waals surface area contributed by atoms with Crippen LogP contribution in [0.15, 0.2) is 228 Å². The van der Waals surface area contributed by atoms with Gasteiger partial charge >= 0.3 is 5.91 Å². The fourth-order valence-corrected chi connectivity index (χ4v) is 8.39. The Morgan fingerprint density at radius 1 is 0.573 bits per heavy atom. The fraction of sp³-hybridized carbons (Fsp3) is 0.127. The van der Waals surface area contributed by atoms with Gasteiger partial charge in [-0.3, -0.25) is 58.9 Å². The Labute approximate surface area is 559 Å². The Bertz CT molecular complexity index is 4410. The van der Waals surface area contributed by atoms with Gasteiger partial charge in [-0.2, -0.15) is 0 Å². The van der Waals surface area contributed by atoms with E-state index in [-0.39, 0.29) is 58.5 Å². The second-order valence-electron chi connectivity index (χ2n) is 20.6. The number of fused-ring (bicyclic) bond motifs is 2. The first kappa shape index (κ1) is 71.1. The van der Waals surface area contributed by atoms with E-state index in [2.05, 4.69) is 77.1 Å². The van der Waals surface area contributed by atoms with Crippen molar-refractivity contribution < 1.29 is 48.4 Å². The summed E-state index contributed by atoms with van der Waals surface area (Å²) >= 11 is 3.12. The second-order valence-corrected chi connectivity index (χ2v) is 21.4. The first-order valence-electron chi connectivity index (χ1n) is 29.3. The van der Waals surface area contributed by atoms with Gasteiger partial charge in [0.05, 0.1) is 89.2 Å². The van der Waals surface area contributed by atoms with Crippen molar-refractivity contribution in [2.45, 2.75) is 32.6 Å². The SMILES string of the molecule is Cc1cc(OCCN(C)C)c2oc3cc(C(=O)c4ccc(CCC(=O)Nc5cccnc5)nc4)ccc3c(=O)c2c1.O=C(/C=C/c1ccc(O)cn1)Nc1cccnc1.O=C(CCc1ccc(O)cn1)Nc1cccnc1.Oc1ccc(Br)nc1.[CH+]=CC(=O)Nc1cccnc1. The standard InChI is InChI=1S/C32H30N4O5.C13H13N3O2.C13H11N3O2.C8H6N2O.C5H4BrNO/c1-20-15-26-31(39)25-10-7-21(17-27(25)41-32(26)28(16-20)40-14-13-36(2)3)30(38)22-6-8-23(34-18-22)9-11-29(37)35-24-5-4-12-33-19-24;2*17-12-5-3-10(15-9-12)4-6-13(18)16-11-2-1-7-14-8-11;1-2-8(11)10-7-4-3-5-9-6-7;6-5-2-1-4(8)3-7-5/h4-8,10,12,15-19H,9,11,13-14H2,1-3H3,(H,35,37);1-3,5,7-9,17H,4,6H2,(H,16,18);1-9,17H,(H,16,18);1-6H;1-3,8H/p+1/b;;6-4+;;. The number of aromatic nitrogens is 8. The van der Waals surface area contributed by atoms with Crippen molar-refractivity contribution >= 4 is 96.1 Å². The number of rotatable bonds is 19. The Morgan fingerprint density at radius 2 is 1.08 bits per heavy atom. The number of ether oxygens (including phenoxy) is 1. The first-order chi connectivity index (χ1) is 46.4. The van der Waals surface area contributed by atoms with E-state index in [1.807, 2.05) is 32.0 Å². The molecule has 0 atom stereocenters. The summed E-state index contributed by atoms with van der Waals surface area (Å²) in [5.41, 5.74) is 6.76. The van der Waals surface area contributed by atoms with Crippen LogP contribution in [0.2, 0.25) is 0 Å². The highest BCUT2D eigenvalue weighted by Gasteiger charge is 2.18. The number of carbonyl (C=O) groups is 5. The number of carbonyl (C=O) groups excluding carboxylic acids is 5. The number of nitrogens with one attached hydrogen (secondary N) is 4. The van der Waals surface area contributed by atoms with E-state index in [4.69, 9.17) is 31.1 Å². The van der Waals surface area contributed by atoms with Crippen LogP contribution in [0.4, 0.5) is 22.7 Å². The van der Waals surface area contributed by atoms with E-state index in [0.717, 1.165) is 21.9 Å². The maximum Gasteiger partial charge on any atom is 0.399 e. The van der Waals surface area contributed by atoms with E-state index < -0.39 is 0 Å².